The van der Waals surface area contributed by atoms with Gasteiger partial charge in [-0.25, -0.2) is 9.59 Å². The van der Waals surface area contributed by atoms with Crippen molar-refractivity contribution in [3.63, 3.8) is 0 Å². The van der Waals surface area contributed by atoms with E-state index >= 15 is 0 Å². The largest absolute Gasteiger partial charge is 0.490 e. The SMILES string of the molecule is CCOc1cc(C#N)ccc1OC(=O)CN1C(=O)NC2(CCCC2)C1=O. The monoisotopic (exact) mass is 357 g/mol. The first-order valence-corrected chi connectivity index (χ1v) is 8.51. The molecule has 26 heavy (non-hydrogen) atoms. The van der Waals surface area contributed by atoms with E-state index in [1.165, 1.54) is 18.2 Å². The number of urea groups is 1. The predicted octanol–water partition coefficient (Wildman–Crippen LogP) is 1.73. The van der Waals surface area contributed by atoms with Crippen LogP contribution in [0.3, 0.4) is 0 Å². The molecule has 136 valence electrons. The van der Waals surface area contributed by atoms with Crippen LogP contribution in [-0.4, -0.2) is 41.5 Å². The van der Waals surface area contributed by atoms with Crippen molar-refractivity contribution in [3.8, 4) is 17.6 Å². The third-order valence-electron chi connectivity index (χ3n) is 4.59. The van der Waals surface area contributed by atoms with Gasteiger partial charge in [0, 0.05) is 6.07 Å². The summed E-state index contributed by atoms with van der Waals surface area (Å²) in [7, 11) is 0. The molecule has 1 aromatic rings. The van der Waals surface area contributed by atoms with Gasteiger partial charge in [0.25, 0.3) is 5.91 Å². The number of hydrogen-bond donors (Lipinski definition) is 1. The molecule has 1 heterocycles. The zero-order valence-corrected chi connectivity index (χ0v) is 14.4. The lowest BCUT2D eigenvalue weighted by Gasteiger charge is -2.19. The Kier molecular flexibility index (Phi) is 4.80. The van der Waals surface area contributed by atoms with Crippen molar-refractivity contribution in [3.05, 3.63) is 23.8 Å². The van der Waals surface area contributed by atoms with Gasteiger partial charge in [-0.2, -0.15) is 5.26 Å². The number of imide groups is 1. The Hall–Kier alpha value is -3.08. The van der Waals surface area contributed by atoms with Crippen LogP contribution in [0, 0.1) is 11.3 Å². The second-order valence-corrected chi connectivity index (χ2v) is 6.29. The molecule has 1 saturated carbocycles. The fourth-order valence-electron chi connectivity index (χ4n) is 3.35. The van der Waals surface area contributed by atoms with Crippen LogP contribution in [0.4, 0.5) is 4.79 Å². The Morgan fingerprint density at radius 1 is 1.31 bits per heavy atom. The molecule has 1 N–H and O–H groups in total. The van der Waals surface area contributed by atoms with Crippen molar-refractivity contribution in [2.75, 3.05) is 13.2 Å². The second-order valence-electron chi connectivity index (χ2n) is 6.29. The van der Waals surface area contributed by atoms with E-state index in [-0.39, 0.29) is 17.4 Å². The van der Waals surface area contributed by atoms with E-state index in [9.17, 15) is 14.4 Å². The third-order valence-corrected chi connectivity index (χ3v) is 4.59. The van der Waals surface area contributed by atoms with E-state index in [4.69, 9.17) is 14.7 Å². The molecule has 0 unspecified atom stereocenters. The Balaban J connectivity index is 1.70. The fourth-order valence-corrected chi connectivity index (χ4v) is 3.35. The van der Waals surface area contributed by atoms with Gasteiger partial charge in [-0.15, -0.1) is 0 Å². The van der Waals surface area contributed by atoms with Gasteiger partial charge in [-0.05, 0) is 31.9 Å². The van der Waals surface area contributed by atoms with E-state index in [1.54, 1.807) is 6.92 Å². The average molecular weight is 357 g/mol. The molecule has 1 aliphatic heterocycles. The quantitative estimate of drug-likeness (QED) is 0.488. The van der Waals surface area contributed by atoms with Crippen molar-refractivity contribution < 1.29 is 23.9 Å². The molecule has 1 aliphatic carbocycles. The van der Waals surface area contributed by atoms with Crippen molar-refractivity contribution in [1.29, 1.82) is 5.26 Å². The first kappa shape index (κ1) is 17.7. The van der Waals surface area contributed by atoms with Gasteiger partial charge >= 0.3 is 12.0 Å². The number of amides is 3. The lowest BCUT2D eigenvalue weighted by atomic mass is 9.98. The van der Waals surface area contributed by atoms with Crippen LogP contribution in [-0.2, 0) is 9.59 Å². The third kappa shape index (κ3) is 3.20. The number of benzene rings is 1. The highest BCUT2D eigenvalue weighted by molar-refractivity contribution is 6.08. The van der Waals surface area contributed by atoms with Gasteiger partial charge in [0.1, 0.15) is 12.1 Å². The molecule has 0 aromatic heterocycles. The Bertz CT molecular complexity index is 793. The summed E-state index contributed by atoms with van der Waals surface area (Å²) in [6, 6.07) is 5.82. The van der Waals surface area contributed by atoms with Crippen molar-refractivity contribution in [2.45, 2.75) is 38.1 Å². The maximum atomic E-state index is 12.6. The molecule has 1 spiro atoms. The minimum Gasteiger partial charge on any atom is -0.490 e. The molecule has 0 bridgehead atoms. The lowest BCUT2D eigenvalue weighted by Crippen LogP contribution is -2.44. The maximum Gasteiger partial charge on any atom is 0.331 e. The number of nitrogens with zero attached hydrogens (tertiary/aromatic N) is 2. The maximum absolute atomic E-state index is 12.6. The minimum absolute atomic E-state index is 0.137. The van der Waals surface area contributed by atoms with Crippen LogP contribution in [0.1, 0.15) is 38.2 Å². The number of esters is 1. The number of rotatable bonds is 5. The van der Waals surface area contributed by atoms with Crippen LogP contribution in [0.25, 0.3) is 0 Å². The predicted molar refractivity (Wildman–Crippen MR) is 89.4 cm³/mol. The summed E-state index contributed by atoms with van der Waals surface area (Å²) in [5.41, 5.74) is -0.493. The standard InChI is InChI=1S/C18H19N3O5/c1-2-25-14-9-12(10-19)5-6-13(14)26-15(22)11-21-16(23)18(20-17(21)24)7-3-4-8-18/h5-6,9H,2-4,7-8,11H2,1H3,(H,20,24). The minimum atomic E-state index is -0.859. The molecule has 0 radical (unpaired) electrons. The average Bonchev–Trinajstić information content (AvgIpc) is 3.18. The highest BCUT2D eigenvalue weighted by Gasteiger charge is 2.52. The van der Waals surface area contributed by atoms with Gasteiger partial charge in [-0.1, -0.05) is 12.8 Å². The number of carbonyl (C=O) groups is 3. The molecule has 3 rings (SSSR count). The summed E-state index contributed by atoms with van der Waals surface area (Å²) in [5, 5.41) is 11.7. The molecule has 8 heteroatoms. The normalized spacial score (nSPS) is 17.9. The molecule has 0 atom stereocenters. The van der Waals surface area contributed by atoms with Crippen molar-refractivity contribution in [2.24, 2.45) is 0 Å². The van der Waals surface area contributed by atoms with E-state index < -0.39 is 24.1 Å². The summed E-state index contributed by atoms with van der Waals surface area (Å²) in [4.78, 5) is 37.8. The molecule has 8 nitrogen and oxygen atoms in total. The molecular formula is C18H19N3O5. The van der Waals surface area contributed by atoms with Crippen LogP contribution < -0.4 is 14.8 Å². The van der Waals surface area contributed by atoms with Crippen LogP contribution in [0.5, 0.6) is 11.5 Å². The molecule has 2 fully saturated rings. The van der Waals surface area contributed by atoms with Crippen molar-refractivity contribution in [1.82, 2.24) is 10.2 Å². The van der Waals surface area contributed by atoms with Crippen LogP contribution in [0.2, 0.25) is 0 Å². The number of ether oxygens (including phenoxy) is 2. The Labute approximate surface area is 150 Å². The first-order valence-electron chi connectivity index (χ1n) is 8.51. The van der Waals surface area contributed by atoms with E-state index in [2.05, 4.69) is 5.32 Å². The smallest absolute Gasteiger partial charge is 0.331 e. The summed E-state index contributed by atoms with van der Waals surface area (Å²) in [6.45, 7) is 1.62. The Morgan fingerprint density at radius 2 is 2.04 bits per heavy atom. The first-order chi connectivity index (χ1) is 12.5. The number of nitrogens with one attached hydrogen (secondary N) is 1. The number of nitriles is 1. The Morgan fingerprint density at radius 3 is 2.69 bits per heavy atom. The zero-order chi connectivity index (χ0) is 18.7. The summed E-state index contributed by atoms with van der Waals surface area (Å²) in [5.74, 6) is -0.737. The van der Waals surface area contributed by atoms with Gasteiger partial charge in [-0.3, -0.25) is 9.69 Å². The number of hydrogen-bond acceptors (Lipinski definition) is 6. The molecule has 1 saturated heterocycles. The summed E-state index contributed by atoms with van der Waals surface area (Å²) in [6.07, 6.45) is 2.92. The zero-order valence-electron chi connectivity index (χ0n) is 14.4. The summed E-state index contributed by atoms with van der Waals surface area (Å²) >= 11 is 0. The van der Waals surface area contributed by atoms with Gasteiger partial charge in [0.2, 0.25) is 0 Å². The number of carbonyl (C=O) groups excluding carboxylic acids is 3. The molecule has 2 aliphatic rings. The fraction of sp³-hybridized carbons (Fsp3) is 0.444. The van der Waals surface area contributed by atoms with E-state index in [0.29, 0.717) is 25.0 Å². The second kappa shape index (κ2) is 7.04. The van der Waals surface area contributed by atoms with Gasteiger partial charge in [0.15, 0.2) is 11.5 Å². The molecule has 1 aromatic carbocycles. The van der Waals surface area contributed by atoms with Crippen LogP contribution >= 0.6 is 0 Å². The van der Waals surface area contributed by atoms with Crippen LogP contribution in [0.15, 0.2) is 18.2 Å². The summed E-state index contributed by atoms with van der Waals surface area (Å²) < 4.78 is 10.6. The highest BCUT2D eigenvalue weighted by Crippen LogP contribution is 2.35. The highest BCUT2D eigenvalue weighted by atomic mass is 16.6. The van der Waals surface area contributed by atoms with E-state index in [1.807, 2.05) is 6.07 Å². The topological polar surface area (TPSA) is 109 Å². The van der Waals surface area contributed by atoms with E-state index in [0.717, 1.165) is 17.7 Å². The van der Waals surface area contributed by atoms with Gasteiger partial charge < -0.3 is 14.8 Å². The molecular weight excluding hydrogens is 338 g/mol. The molecule has 3 amide bonds. The van der Waals surface area contributed by atoms with Crippen molar-refractivity contribution >= 4 is 17.9 Å². The lowest BCUT2D eigenvalue weighted by molar-refractivity contribution is -0.141. The van der Waals surface area contributed by atoms with Gasteiger partial charge in [0.05, 0.1) is 18.2 Å².